The summed E-state index contributed by atoms with van der Waals surface area (Å²) in [6.07, 6.45) is -2.22. The monoisotopic (exact) mass is 336 g/mol. The molecule has 2 aliphatic rings. The largest absolute Gasteiger partial charge is 0.406 e. The van der Waals surface area contributed by atoms with Crippen molar-refractivity contribution in [3.63, 3.8) is 0 Å². The molecule has 132 valence electrons. The molecule has 2 aliphatic heterocycles. The molecule has 2 heterocycles. The molecule has 0 spiro atoms. The van der Waals surface area contributed by atoms with Crippen LogP contribution in [0.2, 0.25) is 0 Å². The zero-order valence-electron chi connectivity index (χ0n) is 13.3. The number of alkyl halides is 3. The van der Waals surface area contributed by atoms with Gasteiger partial charge in [-0.25, -0.2) is 0 Å². The Balaban J connectivity index is 1.96. The average Bonchev–Trinajstić information content (AvgIpc) is 3.05. The van der Waals surface area contributed by atoms with Gasteiger partial charge in [-0.1, -0.05) is 0 Å². The van der Waals surface area contributed by atoms with Crippen molar-refractivity contribution in [2.45, 2.75) is 44.9 Å². The van der Waals surface area contributed by atoms with Crippen LogP contribution in [0.15, 0.2) is 0 Å². The highest BCUT2D eigenvalue weighted by molar-refractivity contribution is 5.83. The van der Waals surface area contributed by atoms with Gasteiger partial charge in [-0.05, 0) is 32.6 Å². The maximum atomic E-state index is 12.6. The summed E-state index contributed by atoms with van der Waals surface area (Å²) < 4.78 is 43.0. The molecule has 8 heteroatoms. The zero-order chi connectivity index (χ0) is 17.0. The molecule has 0 aliphatic carbocycles. The molecule has 2 fully saturated rings. The average molecular weight is 336 g/mol. The van der Waals surface area contributed by atoms with Gasteiger partial charge in [0.1, 0.15) is 12.6 Å². The first-order valence-electron chi connectivity index (χ1n) is 8.07. The summed E-state index contributed by atoms with van der Waals surface area (Å²) >= 11 is 0. The van der Waals surface area contributed by atoms with Crippen LogP contribution in [0, 0.1) is 5.92 Å². The van der Waals surface area contributed by atoms with E-state index in [0.717, 1.165) is 11.3 Å². The van der Waals surface area contributed by atoms with Crippen LogP contribution in [0.5, 0.6) is 0 Å². The van der Waals surface area contributed by atoms with Crippen LogP contribution in [0.3, 0.4) is 0 Å². The van der Waals surface area contributed by atoms with Crippen molar-refractivity contribution >= 4 is 11.8 Å². The van der Waals surface area contributed by atoms with Crippen molar-refractivity contribution < 1.29 is 27.5 Å². The van der Waals surface area contributed by atoms with E-state index in [9.17, 15) is 22.8 Å². The predicted octanol–water partition coefficient (Wildman–Crippen LogP) is 1.81. The molecule has 2 atom stereocenters. The van der Waals surface area contributed by atoms with Crippen LogP contribution in [-0.2, 0) is 14.3 Å². The highest BCUT2D eigenvalue weighted by atomic mass is 19.4. The quantitative estimate of drug-likeness (QED) is 0.787. The Morgan fingerprint density at radius 2 is 2.00 bits per heavy atom. The minimum Gasteiger partial charge on any atom is -0.368 e. The molecule has 5 nitrogen and oxygen atoms in total. The third-order valence-electron chi connectivity index (χ3n) is 4.35. The molecular weight excluding hydrogens is 313 g/mol. The van der Waals surface area contributed by atoms with E-state index in [1.807, 2.05) is 0 Å². The number of hydrogen-bond acceptors (Lipinski definition) is 3. The first-order valence-corrected chi connectivity index (χ1v) is 8.07. The van der Waals surface area contributed by atoms with Crippen LogP contribution in [0.4, 0.5) is 13.2 Å². The highest BCUT2D eigenvalue weighted by Crippen LogP contribution is 2.24. The fraction of sp³-hybridized carbons (Fsp3) is 0.867. The van der Waals surface area contributed by atoms with E-state index in [1.165, 1.54) is 6.92 Å². The predicted molar refractivity (Wildman–Crippen MR) is 76.6 cm³/mol. The first-order chi connectivity index (χ1) is 10.8. The number of carbonyl (C=O) groups is 2. The maximum absolute atomic E-state index is 12.6. The van der Waals surface area contributed by atoms with Gasteiger partial charge in [-0.15, -0.1) is 0 Å². The second kappa shape index (κ2) is 7.51. The van der Waals surface area contributed by atoms with E-state index < -0.39 is 30.7 Å². The van der Waals surface area contributed by atoms with Gasteiger partial charge in [0.05, 0.1) is 5.92 Å². The van der Waals surface area contributed by atoms with E-state index in [-0.39, 0.29) is 19.0 Å². The molecule has 2 rings (SSSR count). The Morgan fingerprint density at radius 1 is 1.26 bits per heavy atom. The van der Waals surface area contributed by atoms with Crippen LogP contribution < -0.4 is 0 Å². The Morgan fingerprint density at radius 3 is 2.57 bits per heavy atom. The summed E-state index contributed by atoms with van der Waals surface area (Å²) in [6, 6.07) is 0. The molecule has 0 aromatic heterocycles. The summed E-state index contributed by atoms with van der Waals surface area (Å²) in [5.74, 6) is -1.22. The van der Waals surface area contributed by atoms with Gasteiger partial charge in [0.15, 0.2) is 0 Å². The third-order valence-corrected chi connectivity index (χ3v) is 4.35. The highest BCUT2D eigenvalue weighted by Gasteiger charge is 2.38. The zero-order valence-corrected chi connectivity index (χ0v) is 13.3. The SMILES string of the molecule is CCN(CC(F)(F)F)C(=O)[C@H]1CCCN(C(=O)[C@H]2CCCO2)C1. The molecule has 0 aromatic rings. The van der Waals surface area contributed by atoms with Crippen LogP contribution >= 0.6 is 0 Å². The van der Waals surface area contributed by atoms with Gasteiger partial charge in [0.2, 0.25) is 5.91 Å². The molecule has 0 radical (unpaired) electrons. The molecule has 0 saturated carbocycles. The molecule has 0 N–H and O–H groups in total. The molecular formula is C15H23F3N2O3. The fourth-order valence-corrected chi connectivity index (χ4v) is 3.18. The molecule has 0 aromatic carbocycles. The second-order valence-electron chi connectivity index (χ2n) is 6.09. The minimum absolute atomic E-state index is 0.00846. The van der Waals surface area contributed by atoms with Gasteiger partial charge < -0.3 is 14.5 Å². The molecule has 23 heavy (non-hydrogen) atoms. The summed E-state index contributed by atoms with van der Waals surface area (Å²) in [5.41, 5.74) is 0. The lowest BCUT2D eigenvalue weighted by Crippen LogP contribution is -2.50. The van der Waals surface area contributed by atoms with Crippen molar-refractivity contribution in [3.05, 3.63) is 0 Å². The van der Waals surface area contributed by atoms with E-state index in [1.54, 1.807) is 4.90 Å². The first kappa shape index (κ1) is 18.0. The molecule has 2 amide bonds. The smallest absolute Gasteiger partial charge is 0.368 e. The number of piperidine rings is 1. The number of rotatable bonds is 4. The van der Waals surface area contributed by atoms with Crippen molar-refractivity contribution in [2.75, 3.05) is 32.8 Å². The topological polar surface area (TPSA) is 49.9 Å². The van der Waals surface area contributed by atoms with Gasteiger partial charge in [0, 0.05) is 26.2 Å². The number of hydrogen-bond donors (Lipinski definition) is 0. The van der Waals surface area contributed by atoms with Gasteiger partial charge >= 0.3 is 6.18 Å². The lowest BCUT2D eigenvalue weighted by Gasteiger charge is -2.35. The van der Waals surface area contributed by atoms with Crippen LogP contribution in [0.25, 0.3) is 0 Å². The van der Waals surface area contributed by atoms with Gasteiger partial charge in [0.25, 0.3) is 5.91 Å². The second-order valence-corrected chi connectivity index (χ2v) is 6.09. The summed E-state index contributed by atoms with van der Waals surface area (Å²) in [5, 5.41) is 0. The summed E-state index contributed by atoms with van der Waals surface area (Å²) in [6.45, 7) is 1.58. The molecule has 0 bridgehead atoms. The maximum Gasteiger partial charge on any atom is 0.406 e. The Kier molecular flexibility index (Phi) is 5.89. The summed E-state index contributed by atoms with van der Waals surface area (Å²) in [4.78, 5) is 27.1. The van der Waals surface area contributed by atoms with E-state index >= 15 is 0 Å². The van der Waals surface area contributed by atoms with Gasteiger partial charge in [-0.2, -0.15) is 13.2 Å². The van der Waals surface area contributed by atoms with Crippen molar-refractivity contribution in [1.29, 1.82) is 0 Å². The van der Waals surface area contributed by atoms with Crippen LogP contribution in [0.1, 0.15) is 32.6 Å². The van der Waals surface area contributed by atoms with E-state index in [0.29, 0.717) is 32.4 Å². The lowest BCUT2D eigenvalue weighted by atomic mass is 9.95. The third kappa shape index (κ3) is 4.83. The van der Waals surface area contributed by atoms with Crippen molar-refractivity contribution in [1.82, 2.24) is 9.80 Å². The number of ether oxygens (including phenoxy) is 1. The fourth-order valence-electron chi connectivity index (χ4n) is 3.18. The van der Waals surface area contributed by atoms with Gasteiger partial charge in [-0.3, -0.25) is 9.59 Å². The van der Waals surface area contributed by atoms with E-state index in [2.05, 4.69) is 0 Å². The number of likely N-dealkylation sites (tertiary alicyclic amines) is 1. The number of nitrogens with zero attached hydrogens (tertiary/aromatic N) is 2. The number of carbonyl (C=O) groups excluding carboxylic acids is 2. The normalized spacial score (nSPS) is 25.5. The lowest BCUT2D eigenvalue weighted by molar-refractivity contribution is -0.165. The van der Waals surface area contributed by atoms with Crippen molar-refractivity contribution in [3.8, 4) is 0 Å². The van der Waals surface area contributed by atoms with Crippen molar-refractivity contribution in [2.24, 2.45) is 5.92 Å². The standard InChI is InChI=1S/C15H23F3N2O3/c1-2-19(10-15(16,17)18)13(21)11-5-3-7-20(9-11)14(22)12-6-4-8-23-12/h11-12H,2-10H2,1H3/t11-,12+/m0/s1. The number of amides is 2. The molecule has 0 unspecified atom stereocenters. The Hall–Kier alpha value is -1.31. The number of halogens is 3. The van der Waals surface area contributed by atoms with E-state index in [4.69, 9.17) is 4.74 Å². The molecule has 2 saturated heterocycles. The summed E-state index contributed by atoms with van der Waals surface area (Å²) in [7, 11) is 0. The Labute approximate surface area is 133 Å². The van der Waals surface area contributed by atoms with Crippen LogP contribution in [-0.4, -0.2) is 66.7 Å². The Bertz CT molecular complexity index is 436. The minimum atomic E-state index is -4.41.